The molecule has 3 heterocycles. The van der Waals surface area contributed by atoms with Crippen LogP contribution in [0.4, 0.5) is 16.3 Å². The van der Waals surface area contributed by atoms with Crippen molar-refractivity contribution in [2.75, 3.05) is 23.8 Å². The van der Waals surface area contributed by atoms with Gasteiger partial charge in [0.2, 0.25) is 5.91 Å². The third-order valence-electron chi connectivity index (χ3n) is 3.38. The summed E-state index contributed by atoms with van der Waals surface area (Å²) < 4.78 is 0. The van der Waals surface area contributed by atoms with Gasteiger partial charge >= 0.3 is 6.03 Å². The quantitative estimate of drug-likeness (QED) is 0.871. The van der Waals surface area contributed by atoms with E-state index in [-0.39, 0.29) is 24.9 Å². The highest BCUT2D eigenvalue weighted by Crippen LogP contribution is 2.26. The molecule has 0 spiro atoms. The first-order chi connectivity index (χ1) is 10.6. The zero-order valence-corrected chi connectivity index (χ0v) is 12.1. The zero-order valence-electron chi connectivity index (χ0n) is 12.1. The summed E-state index contributed by atoms with van der Waals surface area (Å²) in [7, 11) is 1.69. The van der Waals surface area contributed by atoms with Gasteiger partial charge in [-0.2, -0.15) is 0 Å². The second kappa shape index (κ2) is 5.84. The molecule has 1 aliphatic heterocycles. The van der Waals surface area contributed by atoms with E-state index in [1.54, 1.807) is 37.8 Å². The van der Waals surface area contributed by atoms with Gasteiger partial charge in [0.1, 0.15) is 5.82 Å². The highest BCUT2D eigenvalue weighted by molar-refractivity contribution is 6.01. The topological polar surface area (TPSA) is 94.2 Å². The second-order valence-corrected chi connectivity index (χ2v) is 5.00. The summed E-state index contributed by atoms with van der Waals surface area (Å²) >= 11 is 0. The summed E-state index contributed by atoms with van der Waals surface area (Å²) in [6.07, 6.45) is 5.18. The fourth-order valence-corrected chi connectivity index (χ4v) is 2.31. The van der Waals surface area contributed by atoms with Crippen molar-refractivity contribution in [1.82, 2.24) is 19.9 Å². The SMILES string of the molecule is CN(Cc1ncc[nH]1)C(=O)N1CCC(=O)Nc2cccnc21. The minimum absolute atomic E-state index is 0.127. The fraction of sp³-hybridized carbons (Fsp3) is 0.286. The van der Waals surface area contributed by atoms with E-state index < -0.39 is 0 Å². The molecule has 0 atom stereocenters. The molecule has 0 radical (unpaired) electrons. The number of nitrogens with zero attached hydrogens (tertiary/aromatic N) is 4. The molecule has 0 fully saturated rings. The minimum Gasteiger partial charge on any atom is -0.347 e. The number of aromatic amines is 1. The van der Waals surface area contributed by atoms with Crippen LogP contribution in [0.3, 0.4) is 0 Å². The van der Waals surface area contributed by atoms with E-state index in [9.17, 15) is 9.59 Å². The van der Waals surface area contributed by atoms with E-state index in [0.29, 0.717) is 23.9 Å². The summed E-state index contributed by atoms with van der Waals surface area (Å²) in [4.78, 5) is 38.8. The van der Waals surface area contributed by atoms with E-state index in [1.165, 1.54) is 9.80 Å². The molecule has 0 aliphatic carbocycles. The lowest BCUT2D eigenvalue weighted by Crippen LogP contribution is -2.42. The normalized spacial score (nSPS) is 14.0. The molecule has 0 saturated carbocycles. The molecule has 0 aromatic carbocycles. The molecule has 0 unspecified atom stereocenters. The molecule has 0 saturated heterocycles. The molecule has 2 N–H and O–H groups in total. The number of nitrogens with one attached hydrogen (secondary N) is 2. The standard InChI is InChI=1S/C14H16N6O2/c1-19(9-11-15-6-7-16-11)14(22)20-8-4-12(21)18-10-3-2-5-17-13(10)20/h2-3,5-7H,4,8-9H2,1H3,(H,15,16)(H,18,21). The molecule has 2 aromatic rings. The summed E-state index contributed by atoms with van der Waals surface area (Å²) in [6.45, 7) is 0.642. The first-order valence-electron chi connectivity index (χ1n) is 6.91. The van der Waals surface area contributed by atoms with Gasteiger partial charge in [-0.05, 0) is 12.1 Å². The van der Waals surface area contributed by atoms with Crippen LogP contribution in [0.2, 0.25) is 0 Å². The van der Waals surface area contributed by atoms with Gasteiger partial charge in [0, 0.05) is 38.6 Å². The number of urea groups is 1. The molecular weight excluding hydrogens is 284 g/mol. The van der Waals surface area contributed by atoms with E-state index in [0.717, 1.165) is 0 Å². The van der Waals surface area contributed by atoms with Gasteiger partial charge in [0.15, 0.2) is 5.82 Å². The van der Waals surface area contributed by atoms with Crippen molar-refractivity contribution in [3.63, 3.8) is 0 Å². The first kappa shape index (κ1) is 14.1. The number of hydrogen-bond donors (Lipinski definition) is 2. The largest absolute Gasteiger partial charge is 0.347 e. The Morgan fingerprint density at radius 1 is 1.41 bits per heavy atom. The highest BCUT2D eigenvalue weighted by atomic mass is 16.2. The Kier molecular flexibility index (Phi) is 3.73. The third-order valence-corrected chi connectivity index (χ3v) is 3.38. The Morgan fingerprint density at radius 3 is 3.05 bits per heavy atom. The molecule has 3 rings (SSSR count). The van der Waals surface area contributed by atoms with Gasteiger partial charge in [-0.1, -0.05) is 0 Å². The Hall–Kier alpha value is -2.90. The zero-order chi connectivity index (χ0) is 15.5. The average Bonchev–Trinajstić information content (AvgIpc) is 2.95. The number of rotatable bonds is 2. The lowest BCUT2D eigenvalue weighted by Gasteiger charge is -2.26. The number of pyridine rings is 1. The fourth-order valence-electron chi connectivity index (χ4n) is 2.31. The van der Waals surface area contributed by atoms with E-state index in [1.807, 2.05) is 0 Å². The summed E-state index contributed by atoms with van der Waals surface area (Å²) in [5.74, 6) is 1.03. The molecule has 3 amide bonds. The molecule has 1 aliphatic rings. The predicted octanol–water partition coefficient (Wildman–Crippen LogP) is 1.21. The van der Waals surface area contributed by atoms with Gasteiger partial charge in [-0.15, -0.1) is 0 Å². The van der Waals surface area contributed by atoms with Crippen LogP contribution >= 0.6 is 0 Å². The van der Waals surface area contributed by atoms with Crippen LogP contribution < -0.4 is 10.2 Å². The van der Waals surface area contributed by atoms with Crippen LogP contribution in [0.1, 0.15) is 12.2 Å². The lowest BCUT2D eigenvalue weighted by atomic mass is 10.3. The average molecular weight is 300 g/mol. The number of fused-ring (bicyclic) bond motifs is 1. The van der Waals surface area contributed by atoms with Gasteiger partial charge in [-0.3, -0.25) is 9.69 Å². The van der Waals surface area contributed by atoms with Gasteiger partial charge in [0.05, 0.1) is 12.2 Å². The van der Waals surface area contributed by atoms with Crippen LogP contribution in [0.25, 0.3) is 0 Å². The maximum atomic E-state index is 12.7. The highest BCUT2D eigenvalue weighted by Gasteiger charge is 2.27. The van der Waals surface area contributed by atoms with Gasteiger partial charge < -0.3 is 15.2 Å². The number of H-pyrrole nitrogens is 1. The maximum Gasteiger partial charge on any atom is 0.325 e. The van der Waals surface area contributed by atoms with Gasteiger partial charge in [-0.25, -0.2) is 14.8 Å². The van der Waals surface area contributed by atoms with E-state index >= 15 is 0 Å². The van der Waals surface area contributed by atoms with Crippen molar-refractivity contribution < 1.29 is 9.59 Å². The van der Waals surface area contributed by atoms with E-state index in [2.05, 4.69) is 20.3 Å². The van der Waals surface area contributed by atoms with Crippen molar-refractivity contribution in [3.05, 3.63) is 36.5 Å². The number of aromatic nitrogens is 3. The molecule has 8 nitrogen and oxygen atoms in total. The second-order valence-electron chi connectivity index (χ2n) is 5.00. The summed E-state index contributed by atoms with van der Waals surface area (Å²) in [5.41, 5.74) is 0.546. The number of carbonyl (C=O) groups excluding carboxylic acids is 2. The maximum absolute atomic E-state index is 12.7. The van der Waals surface area contributed by atoms with Crippen LogP contribution in [-0.2, 0) is 11.3 Å². The number of hydrogen-bond acceptors (Lipinski definition) is 4. The predicted molar refractivity (Wildman–Crippen MR) is 80.3 cm³/mol. The van der Waals surface area contributed by atoms with Crippen molar-refractivity contribution in [2.24, 2.45) is 0 Å². The van der Waals surface area contributed by atoms with Crippen LogP contribution in [0, 0.1) is 0 Å². The molecule has 0 bridgehead atoms. The first-order valence-corrected chi connectivity index (χ1v) is 6.91. The van der Waals surface area contributed by atoms with Crippen molar-refractivity contribution in [3.8, 4) is 0 Å². The molecule has 2 aromatic heterocycles. The molecular formula is C14H16N6O2. The smallest absolute Gasteiger partial charge is 0.325 e. The number of imidazole rings is 1. The third kappa shape index (κ3) is 2.76. The molecule has 22 heavy (non-hydrogen) atoms. The Morgan fingerprint density at radius 2 is 2.27 bits per heavy atom. The van der Waals surface area contributed by atoms with Crippen LogP contribution in [0.15, 0.2) is 30.7 Å². The molecule has 8 heteroatoms. The number of anilines is 2. The molecule has 114 valence electrons. The van der Waals surface area contributed by atoms with Crippen molar-refractivity contribution >= 4 is 23.4 Å². The number of amides is 3. The summed E-state index contributed by atoms with van der Waals surface area (Å²) in [5, 5.41) is 2.76. The number of carbonyl (C=O) groups is 2. The Balaban J connectivity index is 1.83. The Labute approximate surface area is 127 Å². The monoisotopic (exact) mass is 300 g/mol. The van der Waals surface area contributed by atoms with Crippen LogP contribution in [0.5, 0.6) is 0 Å². The van der Waals surface area contributed by atoms with E-state index in [4.69, 9.17) is 0 Å². The minimum atomic E-state index is -0.229. The van der Waals surface area contributed by atoms with Gasteiger partial charge in [0.25, 0.3) is 0 Å². The van der Waals surface area contributed by atoms with Crippen LogP contribution in [-0.4, -0.2) is 45.4 Å². The summed E-state index contributed by atoms with van der Waals surface area (Å²) in [6, 6.07) is 3.23. The lowest BCUT2D eigenvalue weighted by molar-refractivity contribution is -0.115. The van der Waals surface area contributed by atoms with Crippen molar-refractivity contribution in [2.45, 2.75) is 13.0 Å². The van der Waals surface area contributed by atoms with Crippen molar-refractivity contribution in [1.29, 1.82) is 0 Å². The Bertz CT molecular complexity index is 684.